The molecule has 15 heavy (non-hydrogen) atoms. The number of methoxy groups -OCH3 is 1. The number of carbonyl (C=O) groups excluding carboxylic acids is 1. The quantitative estimate of drug-likeness (QED) is 0.570. The number of ether oxygens (including phenoxy) is 1. The van der Waals surface area contributed by atoms with Gasteiger partial charge in [-0.05, 0) is 18.8 Å². The van der Waals surface area contributed by atoms with E-state index in [1.54, 1.807) is 6.20 Å². The molecule has 1 N–H and O–H groups in total. The number of esters is 1. The minimum Gasteiger partial charge on any atom is -0.466 e. The maximum absolute atomic E-state index is 10.8. The third-order valence-electron chi connectivity index (χ3n) is 2.79. The largest absolute Gasteiger partial charge is 0.466 e. The highest BCUT2D eigenvalue weighted by Crippen LogP contribution is 2.27. The summed E-state index contributed by atoms with van der Waals surface area (Å²) in [6, 6.07) is 0. The van der Waals surface area contributed by atoms with Crippen LogP contribution in [0.4, 0.5) is 0 Å². The lowest BCUT2D eigenvalue weighted by molar-refractivity contribution is -0.134. The summed E-state index contributed by atoms with van der Waals surface area (Å²) >= 11 is 0. The molecule has 3 nitrogen and oxygen atoms in total. The van der Waals surface area contributed by atoms with Gasteiger partial charge in [0.2, 0.25) is 0 Å². The third-order valence-corrected chi connectivity index (χ3v) is 2.79. The molecule has 0 bridgehead atoms. The van der Waals surface area contributed by atoms with Gasteiger partial charge in [0.25, 0.3) is 0 Å². The van der Waals surface area contributed by atoms with Crippen molar-refractivity contribution in [3.8, 4) is 0 Å². The van der Waals surface area contributed by atoms with Crippen LogP contribution in [0.5, 0.6) is 0 Å². The molecule has 0 amide bonds. The highest BCUT2D eigenvalue weighted by atomic mass is 16.5. The van der Waals surface area contributed by atoms with E-state index >= 15 is 0 Å². The Balaban J connectivity index is 2.28. The zero-order valence-electron chi connectivity index (χ0n) is 9.29. The normalized spacial score (nSPS) is 17.7. The van der Waals surface area contributed by atoms with Gasteiger partial charge in [-0.1, -0.05) is 25.8 Å². The molecule has 0 atom stereocenters. The summed E-state index contributed by atoms with van der Waals surface area (Å²) in [4.78, 5) is 10.8. The predicted molar refractivity (Wildman–Crippen MR) is 60.0 cm³/mol. The minimum absolute atomic E-state index is 0.348. The van der Waals surface area contributed by atoms with Crippen LogP contribution in [0.25, 0.3) is 0 Å². The highest BCUT2D eigenvalue weighted by Gasteiger charge is 2.15. The zero-order chi connectivity index (χ0) is 11.1. The van der Waals surface area contributed by atoms with E-state index < -0.39 is 0 Å². The number of nitrogens with one attached hydrogen (secondary N) is 1. The Morgan fingerprint density at radius 2 is 2.07 bits per heavy atom. The van der Waals surface area contributed by atoms with Gasteiger partial charge in [-0.25, -0.2) is 4.79 Å². The van der Waals surface area contributed by atoms with Gasteiger partial charge >= 0.3 is 5.97 Å². The topological polar surface area (TPSA) is 38.3 Å². The molecule has 0 aliphatic heterocycles. The molecule has 0 aromatic heterocycles. The SMILES string of the molecule is C=C(N/C=C\C(=O)OC)C1CCCCC1. The summed E-state index contributed by atoms with van der Waals surface area (Å²) in [6.45, 7) is 3.99. The molecular formula is C12H19NO2. The van der Waals surface area contributed by atoms with Crippen molar-refractivity contribution in [2.75, 3.05) is 7.11 Å². The summed E-state index contributed by atoms with van der Waals surface area (Å²) in [6.07, 6.45) is 9.28. The molecule has 1 saturated carbocycles. The molecule has 0 radical (unpaired) electrons. The lowest BCUT2D eigenvalue weighted by Gasteiger charge is -2.23. The number of allylic oxidation sites excluding steroid dienone is 1. The van der Waals surface area contributed by atoms with Crippen molar-refractivity contribution in [2.24, 2.45) is 5.92 Å². The summed E-state index contributed by atoms with van der Waals surface area (Å²) < 4.78 is 4.48. The first-order valence-corrected chi connectivity index (χ1v) is 5.44. The number of carbonyl (C=O) groups is 1. The maximum atomic E-state index is 10.8. The Bertz CT molecular complexity index is 252. The van der Waals surface area contributed by atoms with Crippen LogP contribution in [-0.2, 0) is 9.53 Å². The Kier molecular flexibility index (Phi) is 4.95. The van der Waals surface area contributed by atoms with Crippen LogP contribution in [0.2, 0.25) is 0 Å². The van der Waals surface area contributed by atoms with Gasteiger partial charge in [-0.2, -0.15) is 0 Å². The van der Waals surface area contributed by atoms with Crippen LogP contribution >= 0.6 is 0 Å². The van der Waals surface area contributed by atoms with E-state index in [1.165, 1.54) is 45.3 Å². The van der Waals surface area contributed by atoms with Crippen molar-refractivity contribution in [3.63, 3.8) is 0 Å². The van der Waals surface area contributed by atoms with Gasteiger partial charge in [0.1, 0.15) is 0 Å². The van der Waals surface area contributed by atoms with Crippen molar-refractivity contribution in [1.82, 2.24) is 5.32 Å². The summed E-state index contributed by atoms with van der Waals surface area (Å²) in [5, 5.41) is 3.04. The first-order chi connectivity index (χ1) is 7.24. The fraction of sp³-hybridized carbons (Fsp3) is 0.583. The predicted octanol–water partition coefficient (Wildman–Crippen LogP) is 2.36. The smallest absolute Gasteiger partial charge is 0.331 e. The third kappa shape index (κ3) is 4.19. The average Bonchev–Trinajstić information content (AvgIpc) is 2.29. The molecule has 0 heterocycles. The Labute approximate surface area is 91.2 Å². The number of hydrogen-bond donors (Lipinski definition) is 1. The summed E-state index contributed by atoms with van der Waals surface area (Å²) in [7, 11) is 1.36. The molecule has 1 aliphatic rings. The van der Waals surface area contributed by atoms with Crippen LogP contribution in [0.15, 0.2) is 24.6 Å². The van der Waals surface area contributed by atoms with Crippen molar-refractivity contribution in [3.05, 3.63) is 24.6 Å². The van der Waals surface area contributed by atoms with E-state index in [2.05, 4.69) is 16.6 Å². The summed E-state index contributed by atoms with van der Waals surface area (Å²) in [5.41, 5.74) is 1.01. The van der Waals surface area contributed by atoms with Crippen molar-refractivity contribution in [1.29, 1.82) is 0 Å². The molecule has 84 valence electrons. The number of rotatable bonds is 4. The number of hydrogen-bond acceptors (Lipinski definition) is 3. The van der Waals surface area contributed by atoms with E-state index in [0.29, 0.717) is 5.92 Å². The molecule has 0 aromatic carbocycles. The molecule has 3 heteroatoms. The van der Waals surface area contributed by atoms with Crippen molar-refractivity contribution in [2.45, 2.75) is 32.1 Å². The Hall–Kier alpha value is -1.25. The second-order valence-electron chi connectivity index (χ2n) is 3.86. The van der Waals surface area contributed by atoms with E-state index in [0.717, 1.165) is 5.70 Å². The first-order valence-electron chi connectivity index (χ1n) is 5.44. The maximum Gasteiger partial charge on any atom is 0.331 e. The van der Waals surface area contributed by atoms with E-state index in [9.17, 15) is 4.79 Å². The van der Waals surface area contributed by atoms with Crippen LogP contribution in [0, 0.1) is 5.92 Å². The van der Waals surface area contributed by atoms with Gasteiger partial charge in [-0.15, -0.1) is 0 Å². The molecule has 1 aliphatic carbocycles. The molecule has 1 rings (SSSR count). The second kappa shape index (κ2) is 6.27. The zero-order valence-corrected chi connectivity index (χ0v) is 9.29. The van der Waals surface area contributed by atoms with Gasteiger partial charge in [0.05, 0.1) is 7.11 Å². The molecular weight excluding hydrogens is 190 g/mol. The van der Waals surface area contributed by atoms with Gasteiger partial charge in [-0.3, -0.25) is 0 Å². The van der Waals surface area contributed by atoms with E-state index in [1.807, 2.05) is 0 Å². The Morgan fingerprint density at radius 3 is 2.67 bits per heavy atom. The van der Waals surface area contributed by atoms with Gasteiger partial charge in [0.15, 0.2) is 0 Å². The molecule has 0 aromatic rings. The van der Waals surface area contributed by atoms with Crippen LogP contribution < -0.4 is 5.32 Å². The van der Waals surface area contributed by atoms with Crippen LogP contribution in [0.3, 0.4) is 0 Å². The summed E-state index contributed by atoms with van der Waals surface area (Å²) in [5.74, 6) is 0.208. The fourth-order valence-corrected chi connectivity index (χ4v) is 1.85. The second-order valence-corrected chi connectivity index (χ2v) is 3.86. The lowest BCUT2D eigenvalue weighted by Crippen LogP contribution is -2.17. The molecule has 0 saturated heterocycles. The Morgan fingerprint density at radius 1 is 1.40 bits per heavy atom. The van der Waals surface area contributed by atoms with Gasteiger partial charge in [0, 0.05) is 18.0 Å². The average molecular weight is 209 g/mol. The van der Waals surface area contributed by atoms with E-state index in [-0.39, 0.29) is 5.97 Å². The van der Waals surface area contributed by atoms with Gasteiger partial charge < -0.3 is 10.1 Å². The van der Waals surface area contributed by atoms with Crippen molar-refractivity contribution >= 4 is 5.97 Å². The lowest BCUT2D eigenvalue weighted by atomic mass is 9.87. The van der Waals surface area contributed by atoms with E-state index in [4.69, 9.17) is 0 Å². The monoisotopic (exact) mass is 209 g/mol. The molecule has 1 fully saturated rings. The molecule has 0 spiro atoms. The fourth-order valence-electron chi connectivity index (χ4n) is 1.85. The first kappa shape index (κ1) is 11.8. The minimum atomic E-state index is -0.348. The van der Waals surface area contributed by atoms with Crippen molar-refractivity contribution < 1.29 is 9.53 Å². The highest BCUT2D eigenvalue weighted by molar-refractivity contribution is 5.81. The van der Waals surface area contributed by atoms with Crippen LogP contribution in [0.1, 0.15) is 32.1 Å². The molecule has 0 unspecified atom stereocenters. The standard InChI is InChI=1S/C12H19NO2/c1-10(11-6-4-3-5-7-11)13-9-8-12(14)15-2/h8-9,11,13H,1,3-7H2,2H3/b9-8-. The van der Waals surface area contributed by atoms with Crippen LogP contribution in [-0.4, -0.2) is 13.1 Å².